The molecule has 2 aromatic rings. The maximum atomic E-state index is 13.4. The van der Waals surface area contributed by atoms with Crippen molar-refractivity contribution in [2.24, 2.45) is 5.73 Å². The maximum Gasteiger partial charge on any atom is 0.256 e. The van der Waals surface area contributed by atoms with Gasteiger partial charge in [0, 0.05) is 5.41 Å². The lowest BCUT2D eigenvalue weighted by molar-refractivity contribution is -0.116. The Balaban J connectivity index is 2.09. The van der Waals surface area contributed by atoms with Gasteiger partial charge < -0.3 is 21.1 Å². The van der Waals surface area contributed by atoms with E-state index in [4.69, 9.17) is 10.5 Å². The third-order valence-corrected chi connectivity index (χ3v) is 7.45. The van der Waals surface area contributed by atoms with Crippen LogP contribution in [0.2, 0.25) is 0 Å². The molecule has 1 aliphatic heterocycles. The molecule has 1 aliphatic rings. The lowest BCUT2D eigenvalue weighted by atomic mass is 9.72. The van der Waals surface area contributed by atoms with Crippen molar-refractivity contribution in [1.29, 1.82) is 0 Å². The fraction of sp³-hybridized carbons (Fsp3) is 0.364. The molecule has 1 saturated heterocycles. The highest BCUT2D eigenvalue weighted by atomic mass is 32.2. The van der Waals surface area contributed by atoms with Crippen LogP contribution in [0.1, 0.15) is 28.8 Å². The van der Waals surface area contributed by atoms with Crippen molar-refractivity contribution in [3.8, 4) is 5.75 Å². The maximum absolute atomic E-state index is 13.4. The summed E-state index contributed by atoms with van der Waals surface area (Å²) in [6.45, 7) is 0.578. The highest BCUT2D eigenvalue weighted by molar-refractivity contribution is 7.90. The Hall–Kier alpha value is -2.95. The van der Waals surface area contributed by atoms with Gasteiger partial charge in [-0.25, -0.2) is 13.1 Å². The van der Waals surface area contributed by atoms with Gasteiger partial charge in [0.2, 0.25) is 15.9 Å². The topological polar surface area (TPSA) is 140 Å². The van der Waals surface area contributed by atoms with Crippen molar-refractivity contribution in [2.45, 2.75) is 23.6 Å². The Morgan fingerprint density at radius 3 is 2.34 bits per heavy atom. The molecule has 0 aromatic heterocycles. The number of nitrogens with two attached hydrogens (primary N) is 1. The van der Waals surface area contributed by atoms with Crippen molar-refractivity contribution in [3.63, 3.8) is 0 Å². The number of nitrogens with one attached hydrogen (secondary N) is 3. The summed E-state index contributed by atoms with van der Waals surface area (Å²) in [6, 6.07) is 15.8. The predicted octanol–water partition coefficient (Wildman–Crippen LogP) is 0.477. The van der Waals surface area contributed by atoms with Crippen molar-refractivity contribution >= 4 is 21.8 Å². The first-order valence-electron chi connectivity index (χ1n) is 10.3. The number of hydrogen-bond acceptors (Lipinski definition) is 6. The third-order valence-electron chi connectivity index (χ3n) is 5.72. The summed E-state index contributed by atoms with van der Waals surface area (Å²) in [5.41, 5.74) is 5.25. The number of primary amides is 1. The largest absolute Gasteiger partial charge is 0.496 e. The number of piperidine rings is 1. The van der Waals surface area contributed by atoms with Crippen molar-refractivity contribution in [1.82, 2.24) is 15.4 Å². The van der Waals surface area contributed by atoms with Crippen molar-refractivity contribution in [3.05, 3.63) is 65.7 Å². The fourth-order valence-corrected chi connectivity index (χ4v) is 5.88. The molecule has 3 rings (SSSR count). The third kappa shape index (κ3) is 5.09. The van der Waals surface area contributed by atoms with E-state index >= 15 is 0 Å². The second-order valence-corrected chi connectivity index (χ2v) is 9.51. The van der Waals surface area contributed by atoms with Crippen LogP contribution in [0.5, 0.6) is 5.75 Å². The molecule has 1 fully saturated rings. The molecular formula is C22H28N4O5S. The van der Waals surface area contributed by atoms with Crippen LogP contribution in [0.4, 0.5) is 0 Å². The highest BCUT2D eigenvalue weighted by Crippen LogP contribution is 2.39. The molecular weight excluding hydrogens is 432 g/mol. The van der Waals surface area contributed by atoms with Gasteiger partial charge in [-0.05, 0) is 43.6 Å². The van der Waals surface area contributed by atoms with Crippen LogP contribution in [-0.2, 0) is 20.2 Å². The second-order valence-electron chi connectivity index (χ2n) is 7.66. The summed E-state index contributed by atoms with van der Waals surface area (Å²) in [4.78, 5) is 24.5. The average Bonchev–Trinajstić information content (AvgIpc) is 2.82. The minimum absolute atomic E-state index is 0.210. The van der Waals surface area contributed by atoms with Gasteiger partial charge in [0.15, 0.2) is 5.37 Å². The number of hydrogen-bond donors (Lipinski definition) is 4. The summed E-state index contributed by atoms with van der Waals surface area (Å²) in [5.74, 6) is -1.08. The zero-order valence-electron chi connectivity index (χ0n) is 17.8. The molecule has 0 aliphatic carbocycles. The van der Waals surface area contributed by atoms with Gasteiger partial charge in [-0.1, -0.05) is 42.5 Å². The lowest BCUT2D eigenvalue weighted by Gasteiger charge is -2.43. The first kappa shape index (κ1) is 23.7. The number of sulfonamides is 1. The van der Waals surface area contributed by atoms with E-state index in [0.29, 0.717) is 31.7 Å². The van der Waals surface area contributed by atoms with Crippen LogP contribution in [0.25, 0.3) is 0 Å². The lowest BCUT2D eigenvalue weighted by Crippen LogP contribution is -2.61. The number of ether oxygens (including phenoxy) is 1. The van der Waals surface area contributed by atoms with Crippen molar-refractivity contribution in [2.75, 3.05) is 26.7 Å². The minimum Gasteiger partial charge on any atom is -0.496 e. The molecule has 0 spiro atoms. The van der Waals surface area contributed by atoms with E-state index < -0.39 is 39.2 Å². The number of para-hydroxylation sites is 1. The fourth-order valence-electron chi connectivity index (χ4n) is 4.14. The highest BCUT2D eigenvalue weighted by Gasteiger charge is 2.49. The zero-order chi connectivity index (χ0) is 23.2. The Bertz CT molecular complexity index is 1050. The Kier molecular flexibility index (Phi) is 7.49. The standard InChI is InChI=1S/C22H28N4O5S/c1-31-18-10-6-5-9-17(18)20(28)26-21(32(29,30)25-15-19(23)27)22(11-13-24-14-12-22)16-7-3-2-4-8-16/h2-10,21,24-25H,11-15H2,1H3,(H2,23,27)(H,26,28). The summed E-state index contributed by atoms with van der Waals surface area (Å²) in [7, 11) is -2.76. The Morgan fingerprint density at radius 2 is 1.72 bits per heavy atom. The Morgan fingerprint density at radius 1 is 1.09 bits per heavy atom. The van der Waals surface area contributed by atoms with E-state index in [1.165, 1.54) is 7.11 Å². The average molecular weight is 461 g/mol. The van der Waals surface area contributed by atoms with Crippen LogP contribution >= 0.6 is 0 Å². The van der Waals surface area contributed by atoms with Gasteiger partial charge in [0.1, 0.15) is 5.75 Å². The summed E-state index contributed by atoms with van der Waals surface area (Å²) in [6.07, 6.45) is 0.927. The van der Waals surface area contributed by atoms with Crippen LogP contribution in [0.15, 0.2) is 54.6 Å². The predicted molar refractivity (Wildman–Crippen MR) is 121 cm³/mol. The van der Waals surface area contributed by atoms with E-state index in [1.54, 1.807) is 24.3 Å². The van der Waals surface area contributed by atoms with Crippen LogP contribution < -0.4 is 25.8 Å². The normalized spacial score (nSPS) is 16.7. The van der Waals surface area contributed by atoms with E-state index in [2.05, 4.69) is 15.4 Å². The molecule has 1 heterocycles. The quantitative estimate of drug-likeness (QED) is 0.429. The van der Waals surface area contributed by atoms with Gasteiger partial charge in [-0.15, -0.1) is 0 Å². The molecule has 5 N–H and O–H groups in total. The molecule has 0 saturated carbocycles. The van der Waals surface area contributed by atoms with Crippen LogP contribution in [0, 0.1) is 0 Å². The van der Waals surface area contributed by atoms with Crippen LogP contribution in [0.3, 0.4) is 0 Å². The first-order valence-corrected chi connectivity index (χ1v) is 11.8. The number of carbonyl (C=O) groups is 2. The Labute approximate surface area is 187 Å². The zero-order valence-corrected chi connectivity index (χ0v) is 18.7. The van der Waals surface area contributed by atoms with Crippen LogP contribution in [-0.4, -0.2) is 52.4 Å². The first-order chi connectivity index (χ1) is 15.3. The molecule has 1 unspecified atom stereocenters. The molecule has 0 radical (unpaired) electrons. The van der Waals surface area contributed by atoms with E-state index in [9.17, 15) is 18.0 Å². The number of rotatable bonds is 9. The second kappa shape index (κ2) is 10.1. The molecule has 10 heteroatoms. The minimum atomic E-state index is -4.20. The number of methoxy groups -OCH3 is 1. The molecule has 32 heavy (non-hydrogen) atoms. The molecule has 172 valence electrons. The van der Waals surface area contributed by atoms with Gasteiger partial charge in [0.05, 0.1) is 19.2 Å². The SMILES string of the molecule is COc1ccccc1C(=O)NC(C1(c2ccccc2)CCNCC1)S(=O)(=O)NCC(N)=O. The monoisotopic (exact) mass is 460 g/mol. The summed E-state index contributed by atoms with van der Waals surface area (Å²) in [5, 5.41) is 4.63. The van der Waals surface area contributed by atoms with E-state index in [-0.39, 0.29) is 5.56 Å². The van der Waals surface area contributed by atoms with Gasteiger partial charge in [0.25, 0.3) is 5.91 Å². The van der Waals surface area contributed by atoms with Gasteiger partial charge in [-0.3, -0.25) is 9.59 Å². The number of carbonyl (C=O) groups excluding carboxylic acids is 2. The van der Waals surface area contributed by atoms with E-state index in [1.807, 2.05) is 30.3 Å². The number of benzene rings is 2. The number of amides is 2. The molecule has 0 bridgehead atoms. The molecule has 2 amide bonds. The molecule has 1 atom stereocenters. The molecule has 9 nitrogen and oxygen atoms in total. The molecule has 2 aromatic carbocycles. The smallest absolute Gasteiger partial charge is 0.256 e. The van der Waals surface area contributed by atoms with Crippen molar-refractivity contribution < 1.29 is 22.7 Å². The van der Waals surface area contributed by atoms with E-state index in [0.717, 1.165) is 5.56 Å². The summed E-state index contributed by atoms with van der Waals surface area (Å²) >= 11 is 0. The van der Waals surface area contributed by atoms with Gasteiger partial charge in [-0.2, -0.15) is 0 Å². The summed E-state index contributed by atoms with van der Waals surface area (Å²) < 4.78 is 34.4. The van der Waals surface area contributed by atoms with Gasteiger partial charge >= 0.3 is 0 Å².